The van der Waals surface area contributed by atoms with Gasteiger partial charge < -0.3 is 10.4 Å². The molecule has 6 heteroatoms. The average molecular weight is 266 g/mol. The summed E-state index contributed by atoms with van der Waals surface area (Å²) in [7, 11) is 0. The number of carbonyl (C=O) groups excluding carboxylic acids is 1. The first-order valence-corrected chi connectivity index (χ1v) is 6.16. The van der Waals surface area contributed by atoms with E-state index in [0.29, 0.717) is 24.8 Å². The monoisotopic (exact) mass is 266 g/mol. The number of nitro benzene ring substituents is 1. The lowest BCUT2D eigenvalue weighted by Crippen LogP contribution is -2.23. The quantitative estimate of drug-likeness (QED) is 0.446. The molecule has 0 aliphatic rings. The molecule has 104 valence electrons. The van der Waals surface area contributed by atoms with Crippen LogP contribution in [0.3, 0.4) is 0 Å². The highest BCUT2D eigenvalue weighted by Gasteiger charge is 2.13. The second-order valence-electron chi connectivity index (χ2n) is 4.28. The molecule has 0 aliphatic carbocycles. The van der Waals surface area contributed by atoms with Crippen LogP contribution in [0.5, 0.6) is 0 Å². The number of amides is 1. The van der Waals surface area contributed by atoms with E-state index >= 15 is 0 Å². The van der Waals surface area contributed by atoms with Crippen LogP contribution < -0.4 is 5.32 Å². The van der Waals surface area contributed by atoms with Gasteiger partial charge in [0.25, 0.3) is 5.69 Å². The topological polar surface area (TPSA) is 92.5 Å². The van der Waals surface area contributed by atoms with Gasteiger partial charge in [0.15, 0.2) is 0 Å². The van der Waals surface area contributed by atoms with Gasteiger partial charge in [-0.2, -0.15) is 0 Å². The van der Waals surface area contributed by atoms with Crippen molar-refractivity contribution in [1.29, 1.82) is 0 Å². The average Bonchev–Trinajstić information content (AvgIpc) is 2.37. The van der Waals surface area contributed by atoms with Crippen LogP contribution in [0.4, 0.5) is 5.69 Å². The van der Waals surface area contributed by atoms with E-state index in [2.05, 4.69) is 5.32 Å². The maximum absolute atomic E-state index is 11.5. The molecular formula is C13H18N2O4. The highest BCUT2D eigenvalue weighted by Crippen LogP contribution is 2.20. The van der Waals surface area contributed by atoms with Gasteiger partial charge in [0, 0.05) is 31.2 Å². The van der Waals surface area contributed by atoms with E-state index in [4.69, 9.17) is 5.11 Å². The molecule has 0 fully saturated rings. The largest absolute Gasteiger partial charge is 0.396 e. The zero-order valence-corrected chi connectivity index (χ0v) is 10.9. The van der Waals surface area contributed by atoms with Crippen molar-refractivity contribution in [1.82, 2.24) is 5.32 Å². The maximum Gasteiger partial charge on any atom is 0.272 e. The van der Waals surface area contributed by atoms with Gasteiger partial charge in [-0.25, -0.2) is 0 Å². The van der Waals surface area contributed by atoms with Crippen LogP contribution >= 0.6 is 0 Å². The lowest BCUT2D eigenvalue weighted by atomic mass is 10.1. The van der Waals surface area contributed by atoms with Crippen LogP contribution in [0.15, 0.2) is 18.2 Å². The molecule has 0 saturated heterocycles. The summed E-state index contributed by atoms with van der Waals surface area (Å²) in [4.78, 5) is 21.8. The Kier molecular flexibility index (Phi) is 5.95. The van der Waals surface area contributed by atoms with E-state index in [-0.39, 0.29) is 24.7 Å². The van der Waals surface area contributed by atoms with Crippen LogP contribution in [-0.4, -0.2) is 22.5 Å². The fourth-order valence-corrected chi connectivity index (χ4v) is 1.74. The summed E-state index contributed by atoms with van der Waals surface area (Å²) in [6.45, 7) is 2.04. The van der Waals surface area contributed by atoms with Crippen molar-refractivity contribution in [3.63, 3.8) is 0 Å². The summed E-state index contributed by atoms with van der Waals surface area (Å²) in [6, 6.07) is 4.82. The lowest BCUT2D eigenvalue weighted by molar-refractivity contribution is -0.385. The summed E-state index contributed by atoms with van der Waals surface area (Å²) >= 11 is 0. The number of hydrogen-bond donors (Lipinski definition) is 2. The van der Waals surface area contributed by atoms with Crippen LogP contribution in [-0.2, 0) is 11.3 Å². The van der Waals surface area contributed by atoms with Crippen molar-refractivity contribution in [2.24, 2.45) is 0 Å². The molecule has 0 saturated carbocycles. The molecule has 1 aromatic rings. The Balaban J connectivity index is 2.56. The Bertz CT molecular complexity index is 460. The first-order chi connectivity index (χ1) is 9.06. The molecule has 0 spiro atoms. The van der Waals surface area contributed by atoms with Gasteiger partial charge in [0.2, 0.25) is 5.91 Å². The van der Waals surface area contributed by atoms with Gasteiger partial charge in [-0.05, 0) is 25.3 Å². The van der Waals surface area contributed by atoms with Gasteiger partial charge >= 0.3 is 0 Å². The van der Waals surface area contributed by atoms with Crippen molar-refractivity contribution in [3.05, 3.63) is 39.4 Å². The summed E-state index contributed by atoms with van der Waals surface area (Å²) in [5.41, 5.74) is 1.37. The van der Waals surface area contributed by atoms with E-state index in [1.807, 2.05) is 0 Å². The van der Waals surface area contributed by atoms with Crippen molar-refractivity contribution >= 4 is 11.6 Å². The van der Waals surface area contributed by atoms with E-state index in [1.54, 1.807) is 19.1 Å². The Hall–Kier alpha value is -1.95. The highest BCUT2D eigenvalue weighted by molar-refractivity contribution is 5.75. The van der Waals surface area contributed by atoms with Gasteiger partial charge in [-0.3, -0.25) is 14.9 Å². The Labute approximate surface area is 111 Å². The number of aliphatic hydroxyl groups excluding tert-OH is 1. The molecule has 0 heterocycles. The summed E-state index contributed by atoms with van der Waals surface area (Å²) in [6.07, 6.45) is 1.59. The number of nitro groups is 1. The first-order valence-electron chi connectivity index (χ1n) is 6.16. The fourth-order valence-electron chi connectivity index (χ4n) is 1.74. The molecule has 6 nitrogen and oxygen atoms in total. The number of nitrogens with zero attached hydrogens (tertiary/aromatic N) is 1. The first kappa shape index (κ1) is 15.1. The second-order valence-corrected chi connectivity index (χ2v) is 4.28. The summed E-state index contributed by atoms with van der Waals surface area (Å²) in [5.74, 6) is -0.112. The van der Waals surface area contributed by atoms with Gasteiger partial charge in [-0.1, -0.05) is 12.1 Å². The Morgan fingerprint density at radius 3 is 2.79 bits per heavy atom. The van der Waals surface area contributed by atoms with E-state index in [9.17, 15) is 14.9 Å². The minimum absolute atomic E-state index is 0.0621. The molecule has 2 N–H and O–H groups in total. The molecule has 19 heavy (non-hydrogen) atoms. The van der Waals surface area contributed by atoms with Crippen LogP contribution in [0, 0.1) is 17.0 Å². The molecular weight excluding hydrogens is 248 g/mol. The van der Waals surface area contributed by atoms with Gasteiger partial charge in [0.05, 0.1) is 4.92 Å². The number of aliphatic hydroxyl groups is 1. The Morgan fingerprint density at radius 2 is 2.16 bits per heavy atom. The van der Waals surface area contributed by atoms with Crippen molar-refractivity contribution in [2.45, 2.75) is 32.7 Å². The highest BCUT2D eigenvalue weighted by atomic mass is 16.6. The third-order valence-electron chi connectivity index (χ3n) is 2.90. The molecule has 0 bridgehead atoms. The third kappa shape index (κ3) is 4.67. The number of hydrogen-bond acceptors (Lipinski definition) is 4. The molecule has 0 aromatic heterocycles. The Morgan fingerprint density at radius 1 is 1.42 bits per heavy atom. The van der Waals surface area contributed by atoms with Crippen molar-refractivity contribution in [3.8, 4) is 0 Å². The molecule has 0 radical (unpaired) electrons. The minimum atomic E-state index is -0.429. The standard InChI is InChI=1S/C13H18N2O4/c1-10-11(5-4-6-12(10)15(18)19)9-14-13(17)7-2-3-8-16/h4-6,16H,2-3,7-9H2,1H3,(H,14,17). The summed E-state index contributed by atoms with van der Waals surface area (Å²) < 4.78 is 0. The van der Waals surface area contributed by atoms with E-state index < -0.39 is 4.92 Å². The predicted molar refractivity (Wildman–Crippen MR) is 70.6 cm³/mol. The van der Waals surface area contributed by atoms with Crippen LogP contribution in [0.25, 0.3) is 0 Å². The van der Waals surface area contributed by atoms with Crippen LogP contribution in [0.1, 0.15) is 30.4 Å². The number of nitrogens with one attached hydrogen (secondary N) is 1. The van der Waals surface area contributed by atoms with Crippen molar-refractivity contribution in [2.75, 3.05) is 6.61 Å². The van der Waals surface area contributed by atoms with E-state index in [0.717, 1.165) is 5.56 Å². The van der Waals surface area contributed by atoms with E-state index in [1.165, 1.54) is 6.07 Å². The molecule has 1 aromatic carbocycles. The van der Waals surface area contributed by atoms with Gasteiger partial charge in [-0.15, -0.1) is 0 Å². The molecule has 1 rings (SSSR count). The predicted octanol–water partition coefficient (Wildman–Crippen LogP) is 1.68. The lowest BCUT2D eigenvalue weighted by Gasteiger charge is -2.08. The molecule has 0 atom stereocenters. The summed E-state index contributed by atoms with van der Waals surface area (Å²) in [5, 5.41) is 22.1. The maximum atomic E-state index is 11.5. The molecule has 0 unspecified atom stereocenters. The normalized spacial score (nSPS) is 10.2. The zero-order chi connectivity index (χ0) is 14.3. The minimum Gasteiger partial charge on any atom is -0.396 e. The third-order valence-corrected chi connectivity index (χ3v) is 2.90. The number of rotatable bonds is 7. The number of carbonyl (C=O) groups is 1. The van der Waals surface area contributed by atoms with Crippen molar-refractivity contribution < 1.29 is 14.8 Å². The fraction of sp³-hybridized carbons (Fsp3) is 0.462. The zero-order valence-electron chi connectivity index (χ0n) is 10.9. The number of benzene rings is 1. The van der Waals surface area contributed by atoms with Crippen LogP contribution in [0.2, 0.25) is 0 Å². The molecule has 1 amide bonds. The smallest absolute Gasteiger partial charge is 0.272 e. The van der Waals surface area contributed by atoms with Gasteiger partial charge in [0.1, 0.15) is 0 Å². The second kappa shape index (κ2) is 7.48. The molecule has 0 aliphatic heterocycles. The number of unbranched alkanes of at least 4 members (excludes halogenated alkanes) is 1. The SMILES string of the molecule is Cc1c(CNC(=O)CCCCO)cccc1[N+](=O)[O-].